The summed E-state index contributed by atoms with van der Waals surface area (Å²) in [6.07, 6.45) is 11.5. The molecule has 0 saturated heterocycles. The van der Waals surface area contributed by atoms with Gasteiger partial charge in [0.05, 0.1) is 12.2 Å². The van der Waals surface area contributed by atoms with Crippen LogP contribution >= 0.6 is 0 Å². The molecule has 0 nitrogen and oxygen atoms in total. The van der Waals surface area contributed by atoms with E-state index in [2.05, 4.69) is 6.08 Å². The molecule has 3 rings (SSSR count). The van der Waals surface area contributed by atoms with E-state index in [1.165, 1.54) is 44.6 Å². The van der Waals surface area contributed by atoms with Gasteiger partial charge in [-0.15, -0.1) is 0 Å². The Morgan fingerprint density at radius 2 is 1.47 bits per heavy atom. The highest BCUT2D eigenvalue weighted by molar-refractivity contribution is 5.29. The Morgan fingerprint density at radius 1 is 0.867 bits per heavy atom. The van der Waals surface area contributed by atoms with Gasteiger partial charge in [-0.05, 0) is 99.2 Å². The molecule has 30 heavy (non-hydrogen) atoms. The van der Waals surface area contributed by atoms with E-state index in [0.29, 0.717) is 23.8 Å². The van der Waals surface area contributed by atoms with Crippen LogP contribution in [0.15, 0.2) is 30.4 Å². The van der Waals surface area contributed by atoms with Crippen LogP contribution in [0.2, 0.25) is 0 Å². The van der Waals surface area contributed by atoms with Crippen molar-refractivity contribution in [3.05, 3.63) is 47.3 Å². The van der Waals surface area contributed by atoms with E-state index in [9.17, 15) is 22.0 Å². The van der Waals surface area contributed by atoms with Gasteiger partial charge >= 0.3 is 6.18 Å². The maximum Gasteiger partial charge on any atom is 0.419 e. The van der Waals surface area contributed by atoms with Gasteiger partial charge in [-0.1, -0.05) is 31.1 Å². The van der Waals surface area contributed by atoms with Gasteiger partial charge in [0.15, 0.2) is 0 Å². The van der Waals surface area contributed by atoms with Gasteiger partial charge < -0.3 is 0 Å². The molecule has 0 heterocycles. The lowest BCUT2D eigenvalue weighted by molar-refractivity contribution is -0.140. The fraction of sp³-hybridized carbons (Fsp3) is 0.680. The summed E-state index contributed by atoms with van der Waals surface area (Å²) in [5, 5.41) is 0. The first kappa shape index (κ1) is 23.3. The van der Waals surface area contributed by atoms with Crippen molar-refractivity contribution in [1.29, 1.82) is 0 Å². The third kappa shape index (κ3) is 6.55. The topological polar surface area (TPSA) is 0 Å². The molecule has 0 N–H and O–H groups in total. The summed E-state index contributed by atoms with van der Waals surface area (Å²) in [5.41, 5.74) is -0.467. The van der Waals surface area contributed by atoms with E-state index in [1.807, 2.05) is 6.08 Å². The second kappa shape index (κ2) is 10.8. The summed E-state index contributed by atoms with van der Waals surface area (Å²) >= 11 is 0. The Morgan fingerprint density at radius 3 is 2.00 bits per heavy atom. The van der Waals surface area contributed by atoms with Crippen LogP contribution in [0.1, 0.15) is 87.7 Å². The Labute approximate surface area is 176 Å². The van der Waals surface area contributed by atoms with Gasteiger partial charge in [0.25, 0.3) is 0 Å². The van der Waals surface area contributed by atoms with E-state index in [1.54, 1.807) is 0 Å². The summed E-state index contributed by atoms with van der Waals surface area (Å²) in [6.45, 7) is -0.276. The number of alkyl halides is 4. The van der Waals surface area contributed by atoms with E-state index >= 15 is 0 Å². The smallest absolute Gasteiger partial charge is 0.251 e. The van der Waals surface area contributed by atoms with Crippen LogP contribution < -0.4 is 0 Å². The van der Waals surface area contributed by atoms with E-state index < -0.39 is 17.6 Å². The summed E-state index contributed by atoms with van der Waals surface area (Å²) in [6, 6.07) is 3.44. The maximum atomic E-state index is 13.9. The zero-order valence-electron chi connectivity index (χ0n) is 17.6. The summed E-state index contributed by atoms with van der Waals surface area (Å²) in [4.78, 5) is 0. The number of halogens is 5. The van der Waals surface area contributed by atoms with Crippen molar-refractivity contribution in [1.82, 2.24) is 0 Å². The number of allylic oxidation sites excluding steroid dienone is 2. The molecule has 2 aliphatic rings. The van der Waals surface area contributed by atoms with Gasteiger partial charge in [-0.3, -0.25) is 4.39 Å². The molecule has 0 aromatic heterocycles. The molecule has 168 valence electrons. The molecule has 0 unspecified atom stereocenters. The zero-order chi connectivity index (χ0) is 21.6. The second-order valence-electron chi connectivity index (χ2n) is 9.22. The minimum Gasteiger partial charge on any atom is -0.251 e. The monoisotopic (exact) mass is 428 g/mol. The predicted molar refractivity (Wildman–Crippen MR) is 111 cm³/mol. The van der Waals surface area contributed by atoms with Crippen molar-refractivity contribution in [2.75, 3.05) is 6.67 Å². The highest BCUT2D eigenvalue weighted by Gasteiger charge is 2.34. The molecule has 2 saturated carbocycles. The van der Waals surface area contributed by atoms with Crippen molar-refractivity contribution in [2.45, 2.75) is 82.7 Å². The first-order chi connectivity index (χ1) is 14.4. The third-order valence-corrected chi connectivity index (χ3v) is 7.18. The predicted octanol–water partition coefficient (Wildman–Crippen LogP) is 8.62. The van der Waals surface area contributed by atoms with Crippen LogP contribution in [0.4, 0.5) is 22.0 Å². The molecule has 0 spiro atoms. The molecule has 0 radical (unpaired) electrons. The average molecular weight is 429 g/mol. The molecule has 0 amide bonds. The minimum atomic E-state index is -4.63. The van der Waals surface area contributed by atoms with Gasteiger partial charge in [0.1, 0.15) is 5.82 Å². The lowest BCUT2D eigenvalue weighted by atomic mass is 9.74. The van der Waals surface area contributed by atoms with Crippen molar-refractivity contribution in [2.24, 2.45) is 17.8 Å². The average Bonchev–Trinajstić information content (AvgIpc) is 2.73. The molecule has 0 atom stereocenters. The number of hydrogen-bond acceptors (Lipinski definition) is 0. The van der Waals surface area contributed by atoms with Crippen LogP contribution in [0.5, 0.6) is 0 Å². The molecule has 1 aromatic carbocycles. The van der Waals surface area contributed by atoms with E-state index in [4.69, 9.17) is 0 Å². The van der Waals surface area contributed by atoms with Gasteiger partial charge in [-0.2, -0.15) is 13.2 Å². The highest BCUT2D eigenvalue weighted by Crippen LogP contribution is 2.41. The van der Waals surface area contributed by atoms with Crippen LogP contribution in [0, 0.1) is 23.6 Å². The number of benzene rings is 1. The zero-order valence-corrected chi connectivity index (χ0v) is 17.6. The molecular weight excluding hydrogens is 395 g/mol. The SMILES string of the molecule is FCCC=C[C@H]1CC[C@H](CC[C@H]2CC[C@H](c3ccc(C(F)(F)F)c(F)c3)CC2)CC1. The van der Waals surface area contributed by atoms with Gasteiger partial charge in [0, 0.05) is 0 Å². The normalized spacial score (nSPS) is 28.2. The molecule has 0 bridgehead atoms. The molecule has 2 aliphatic carbocycles. The lowest BCUT2D eigenvalue weighted by Crippen LogP contribution is -2.17. The van der Waals surface area contributed by atoms with Crippen LogP contribution in [-0.2, 0) is 6.18 Å². The van der Waals surface area contributed by atoms with Gasteiger partial charge in [-0.25, -0.2) is 4.39 Å². The highest BCUT2D eigenvalue weighted by atomic mass is 19.4. The minimum absolute atomic E-state index is 0.171. The fourth-order valence-corrected chi connectivity index (χ4v) is 5.29. The van der Waals surface area contributed by atoms with Crippen molar-refractivity contribution >= 4 is 0 Å². The summed E-state index contributed by atoms with van der Waals surface area (Å²) in [5.74, 6) is 1.11. The quantitative estimate of drug-likeness (QED) is 0.301. The van der Waals surface area contributed by atoms with Crippen molar-refractivity contribution in [3.63, 3.8) is 0 Å². The largest absolute Gasteiger partial charge is 0.419 e. The Balaban J connectivity index is 1.39. The Kier molecular flexibility index (Phi) is 8.35. The van der Waals surface area contributed by atoms with E-state index in [-0.39, 0.29) is 12.6 Å². The van der Waals surface area contributed by atoms with Gasteiger partial charge in [0.2, 0.25) is 0 Å². The second-order valence-corrected chi connectivity index (χ2v) is 9.22. The maximum absolute atomic E-state index is 13.9. The number of rotatable bonds is 7. The van der Waals surface area contributed by atoms with Crippen molar-refractivity contribution < 1.29 is 22.0 Å². The molecule has 5 heteroatoms. The fourth-order valence-electron chi connectivity index (χ4n) is 5.29. The summed E-state index contributed by atoms with van der Waals surface area (Å²) < 4.78 is 64.3. The third-order valence-electron chi connectivity index (χ3n) is 7.18. The molecule has 0 aliphatic heterocycles. The molecular formula is C25H33F5. The summed E-state index contributed by atoms with van der Waals surface area (Å²) in [7, 11) is 0. The Hall–Kier alpha value is -1.39. The van der Waals surface area contributed by atoms with Crippen LogP contribution in [0.3, 0.4) is 0 Å². The number of hydrogen-bond donors (Lipinski definition) is 0. The lowest BCUT2D eigenvalue weighted by Gasteiger charge is -2.31. The molecule has 1 aromatic rings. The van der Waals surface area contributed by atoms with E-state index in [0.717, 1.165) is 43.7 Å². The van der Waals surface area contributed by atoms with Crippen molar-refractivity contribution in [3.8, 4) is 0 Å². The first-order valence-electron chi connectivity index (χ1n) is 11.5. The van der Waals surface area contributed by atoms with Crippen LogP contribution in [-0.4, -0.2) is 6.67 Å². The Bertz CT molecular complexity index is 677. The first-order valence-corrected chi connectivity index (χ1v) is 11.5. The molecule has 2 fully saturated rings. The standard InChI is InChI=1S/C25H33F5/c26-16-2-1-3-18-4-6-19(7-5-18)8-9-20-10-12-21(13-11-20)22-14-15-23(24(27)17-22)25(28,29)30/h1,3,14-15,17-21H,2,4-13,16H2/t18-,19-,20-,21-. The van der Waals surface area contributed by atoms with Crippen LogP contribution in [0.25, 0.3) is 0 Å².